The van der Waals surface area contributed by atoms with Crippen molar-refractivity contribution in [3.8, 4) is 11.5 Å². The van der Waals surface area contributed by atoms with Gasteiger partial charge in [-0.05, 0) is 25.5 Å². The van der Waals surface area contributed by atoms with Gasteiger partial charge in [-0.3, -0.25) is 4.79 Å². The van der Waals surface area contributed by atoms with Gasteiger partial charge in [0.1, 0.15) is 11.5 Å². The van der Waals surface area contributed by atoms with Gasteiger partial charge in [-0.25, -0.2) is 0 Å². The number of hydrogen-bond donors (Lipinski definition) is 1. The van der Waals surface area contributed by atoms with Crippen LogP contribution in [-0.4, -0.2) is 42.7 Å². The summed E-state index contributed by atoms with van der Waals surface area (Å²) in [5.41, 5.74) is 0.640. The van der Waals surface area contributed by atoms with Crippen LogP contribution in [0.5, 0.6) is 11.5 Å². The Labute approximate surface area is 120 Å². The highest BCUT2D eigenvalue weighted by Gasteiger charge is 2.10. The Morgan fingerprint density at radius 1 is 1.30 bits per heavy atom. The van der Waals surface area contributed by atoms with Crippen LogP contribution >= 0.6 is 0 Å². The Morgan fingerprint density at radius 3 is 2.65 bits per heavy atom. The summed E-state index contributed by atoms with van der Waals surface area (Å²) in [7, 11) is 1.72. The molecule has 0 heterocycles. The van der Waals surface area contributed by atoms with E-state index in [1.54, 1.807) is 30.1 Å². The van der Waals surface area contributed by atoms with Crippen molar-refractivity contribution in [2.75, 3.05) is 26.8 Å². The minimum atomic E-state index is -0.138. The van der Waals surface area contributed by atoms with E-state index in [4.69, 9.17) is 9.47 Å². The van der Waals surface area contributed by atoms with Gasteiger partial charge in [0.15, 0.2) is 6.61 Å². The van der Waals surface area contributed by atoms with Crippen LogP contribution in [0, 0.1) is 0 Å². The van der Waals surface area contributed by atoms with Crippen molar-refractivity contribution >= 4 is 5.91 Å². The van der Waals surface area contributed by atoms with Crippen molar-refractivity contribution in [3.63, 3.8) is 0 Å². The molecule has 0 saturated heterocycles. The lowest BCUT2D eigenvalue weighted by Crippen LogP contribution is -2.31. The van der Waals surface area contributed by atoms with Crippen LogP contribution in [0.4, 0.5) is 0 Å². The molecule has 0 aliphatic heterocycles. The monoisotopic (exact) mass is 281 g/mol. The van der Waals surface area contributed by atoms with Crippen molar-refractivity contribution in [2.45, 2.75) is 26.9 Å². The second kappa shape index (κ2) is 8.43. The zero-order valence-electron chi connectivity index (χ0n) is 12.4. The molecule has 20 heavy (non-hydrogen) atoms. The number of rotatable bonds is 8. The summed E-state index contributed by atoms with van der Waals surface area (Å²) in [4.78, 5) is 13.3. The first-order valence-electron chi connectivity index (χ1n) is 6.85. The van der Waals surface area contributed by atoms with Gasteiger partial charge in [-0.2, -0.15) is 0 Å². The molecule has 1 aromatic carbocycles. The van der Waals surface area contributed by atoms with E-state index in [-0.39, 0.29) is 19.1 Å². The molecule has 1 rings (SSSR count). The molecule has 0 aliphatic rings. The summed E-state index contributed by atoms with van der Waals surface area (Å²) in [6, 6.07) is 5.24. The summed E-state index contributed by atoms with van der Waals surface area (Å²) in [5.74, 6) is 1.06. The van der Waals surface area contributed by atoms with Crippen molar-refractivity contribution < 1.29 is 19.4 Å². The lowest BCUT2D eigenvalue weighted by atomic mass is 10.2. The zero-order chi connectivity index (χ0) is 15.0. The number of likely N-dealkylation sites (N-methyl/N-ethyl adjacent to an activating group) is 1. The second-order valence-electron chi connectivity index (χ2n) is 4.47. The largest absolute Gasteiger partial charge is 0.493 e. The van der Waals surface area contributed by atoms with Crippen molar-refractivity contribution in [1.29, 1.82) is 0 Å². The quantitative estimate of drug-likeness (QED) is 0.789. The van der Waals surface area contributed by atoms with Gasteiger partial charge in [0, 0.05) is 25.2 Å². The van der Waals surface area contributed by atoms with Gasteiger partial charge in [-0.15, -0.1) is 0 Å². The van der Waals surface area contributed by atoms with Gasteiger partial charge < -0.3 is 19.5 Å². The Kier molecular flexibility index (Phi) is 6.87. The number of amides is 1. The van der Waals surface area contributed by atoms with E-state index in [0.717, 1.165) is 6.42 Å². The summed E-state index contributed by atoms with van der Waals surface area (Å²) in [6.07, 6.45) is 0.914. The van der Waals surface area contributed by atoms with E-state index in [0.29, 0.717) is 30.2 Å². The Bertz CT molecular complexity index is 434. The first kappa shape index (κ1) is 16.3. The molecule has 1 N–H and O–H groups in total. The Morgan fingerprint density at radius 2 is 2.05 bits per heavy atom. The maximum atomic E-state index is 11.7. The maximum Gasteiger partial charge on any atom is 0.260 e. The average Bonchev–Trinajstić information content (AvgIpc) is 2.49. The molecule has 5 nitrogen and oxygen atoms in total. The fourth-order valence-corrected chi connectivity index (χ4v) is 1.54. The third-order valence-corrected chi connectivity index (χ3v) is 2.93. The molecular formula is C15H23NO4. The highest BCUT2D eigenvalue weighted by molar-refractivity contribution is 5.77. The molecular weight excluding hydrogens is 258 g/mol. The van der Waals surface area contributed by atoms with E-state index < -0.39 is 0 Å². The van der Waals surface area contributed by atoms with Gasteiger partial charge in [0.05, 0.1) is 13.2 Å². The number of hydrogen-bond acceptors (Lipinski definition) is 4. The standard InChI is InChI=1S/C15H23NO4/c1-4-8-19-13-7-6-12(10-17)14(9-13)20-11-15(18)16(3)5-2/h6-7,9,17H,4-5,8,10-11H2,1-3H3. The minimum absolute atomic E-state index is 0.0471. The number of carbonyl (C=O) groups is 1. The Hall–Kier alpha value is -1.75. The molecule has 0 aromatic heterocycles. The normalized spacial score (nSPS) is 10.2. The van der Waals surface area contributed by atoms with E-state index in [1.165, 1.54) is 0 Å². The third-order valence-electron chi connectivity index (χ3n) is 2.93. The second-order valence-corrected chi connectivity index (χ2v) is 4.47. The molecule has 0 saturated carbocycles. The van der Waals surface area contributed by atoms with E-state index in [2.05, 4.69) is 0 Å². The molecule has 0 bridgehead atoms. The zero-order valence-corrected chi connectivity index (χ0v) is 12.4. The van der Waals surface area contributed by atoms with Gasteiger partial charge >= 0.3 is 0 Å². The van der Waals surface area contributed by atoms with E-state index in [1.807, 2.05) is 13.8 Å². The van der Waals surface area contributed by atoms with Crippen LogP contribution in [0.25, 0.3) is 0 Å². The summed E-state index contributed by atoms with van der Waals surface area (Å²) >= 11 is 0. The van der Waals surface area contributed by atoms with Gasteiger partial charge in [0.25, 0.3) is 5.91 Å². The molecule has 1 aromatic rings. The molecule has 112 valence electrons. The van der Waals surface area contributed by atoms with Gasteiger partial charge in [0.2, 0.25) is 0 Å². The number of nitrogens with zero attached hydrogens (tertiary/aromatic N) is 1. The minimum Gasteiger partial charge on any atom is -0.493 e. The highest BCUT2D eigenvalue weighted by atomic mass is 16.5. The van der Waals surface area contributed by atoms with Crippen molar-refractivity contribution in [1.82, 2.24) is 4.90 Å². The van der Waals surface area contributed by atoms with Crippen LogP contribution in [0.1, 0.15) is 25.8 Å². The topological polar surface area (TPSA) is 59.0 Å². The summed E-state index contributed by atoms with van der Waals surface area (Å²) in [6.45, 7) is 4.99. The number of carbonyl (C=O) groups excluding carboxylic acids is 1. The maximum absolute atomic E-state index is 11.7. The third kappa shape index (κ3) is 4.74. The lowest BCUT2D eigenvalue weighted by molar-refractivity contribution is -0.131. The SMILES string of the molecule is CCCOc1ccc(CO)c(OCC(=O)N(C)CC)c1. The number of aliphatic hydroxyl groups is 1. The van der Waals surface area contributed by atoms with Crippen LogP contribution in [0.15, 0.2) is 18.2 Å². The average molecular weight is 281 g/mol. The van der Waals surface area contributed by atoms with Gasteiger partial charge in [-0.1, -0.05) is 6.92 Å². The predicted molar refractivity (Wildman–Crippen MR) is 77.0 cm³/mol. The van der Waals surface area contributed by atoms with E-state index in [9.17, 15) is 9.90 Å². The number of ether oxygens (including phenoxy) is 2. The molecule has 0 radical (unpaired) electrons. The van der Waals surface area contributed by atoms with Crippen LogP contribution in [0.3, 0.4) is 0 Å². The smallest absolute Gasteiger partial charge is 0.260 e. The molecule has 1 amide bonds. The highest BCUT2D eigenvalue weighted by Crippen LogP contribution is 2.25. The van der Waals surface area contributed by atoms with Crippen LogP contribution in [-0.2, 0) is 11.4 Å². The van der Waals surface area contributed by atoms with Crippen LogP contribution < -0.4 is 9.47 Å². The molecule has 5 heteroatoms. The fraction of sp³-hybridized carbons (Fsp3) is 0.533. The van der Waals surface area contributed by atoms with Crippen LogP contribution in [0.2, 0.25) is 0 Å². The number of benzene rings is 1. The Balaban J connectivity index is 2.72. The van der Waals surface area contributed by atoms with Crippen molar-refractivity contribution in [2.24, 2.45) is 0 Å². The van der Waals surface area contributed by atoms with E-state index >= 15 is 0 Å². The fourth-order valence-electron chi connectivity index (χ4n) is 1.54. The molecule has 0 aliphatic carbocycles. The molecule has 0 unspecified atom stereocenters. The summed E-state index contributed by atoms with van der Waals surface area (Å²) in [5, 5.41) is 9.29. The first-order chi connectivity index (χ1) is 9.62. The summed E-state index contributed by atoms with van der Waals surface area (Å²) < 4.78 is 11.0. The molecule has 0 fully saturated rings. The molecule has 0 atom stereocenters. The first-order valence-corrected chi connectivity index (χ1v) is 6.85. The number of aliphatic hydroxyl groups excluding tert-OH is 1. The molecule has 0 spiro atoms. The van der Waals surface area contributed by atoms with Crippen molar-refractivity contribution in [3.05, 3.63) is 23.8 Å². The lowest BCUT2D eigenvalue weighted by Gasteiger charge is -2.16. The predicted octanol–water partition coefficient (Wildman–Crippen LogP) is 1.82.